The summed E-state index contributed by atoms with van der Waals surface area (Å²) in [5, 5.41) is 0. The summed E-state index contributed by atoms with van der Waals surface area (Å²) in [6.07, 6.45) is 4.04. The molecule has 5 heteroatoms. The Morgan fingerprint density at radius 1 is 1.25 bits per heavy atom. The molecule has 0 amide bonds. The molecule has 1 aliphatic rings. The van der Waals surface area contributed by atoms with Crippen molar-refractivity contribution in [2.45, 2.75) is 50.5 Å². The van der Waals surface area contributed by atoms with E-state index in [9.17, 15) is 8.42 Å². The van der Waals surface area contributed by atoms with E-state index in [1.54, 1.807) is 6.07 Å². The molecule has 0 spiro atoms. The highest BCUT2D eigenvalue weighted by Gasteiger charge is 2.17. The van der Waals surface area contributed by atoms with Crippen LogP contribution in [-0.4, -0.2) is 27.7 Å². The lowest BCUT2D eigenvalue weighted by Crippen LogP contribution is -2.26. The molecule has 2 rings (SSSR count). The van der Waals surface area contributed by atoms with Crippen LogP contribution in [0.4, 0.5) is 0 Å². The first-order valence-corrected chi connectivity index (χ1v) is 8.70. The molecule has 0 atom stereocenters. The lowest BCUT2D eigenvalue weighted by Gasteiger charge is -2.10. The van der Waals surface area contributed by atoms with Crippen LogP contribution in [-0.2, 0) is 27.6 Å². The largest absolute Gasteiger partial charge is 0.379 e. The Balaban J connectivity index is 1.90. The molecule has 0 heterocycles. The summed E-state index contributed by atoms with van der Waals surface area (Å²) in [7, 11) is -3.39. The normalized spacial score (nSPS) is 14.8. The van der Waals surface area contributed by atoms with Gasteiger partial charge in [-0.2, -0.15) is 0 Å². The van der Waals surface area contributed by atoms with Gasteiger partial charge in [0.2, 0.25) is 10.0 Å². The van der Waals surface area contributed by atoms with E-state index in [1.165, 1.54) is 11.1 Å². The van der Waals surface area contributed by atoms with Gasteiger partial charge in [-0.25, -0.2) is 13.1 Å². The van der Waals surface area contributed by atoms with Crippen LogP contribution in [0.15, 0.2) is 23.1 Å². The lowest BCUT2D eigenvalue weighted by molar-refractivity contribution is 0.0778. The summed E-state index contributed by atoms with van der Waals surface area (Å²) < 4.78 is 32.4. The molecule has 0 fully saturated rings. The van der Waals surface area contributed by atoms with E-state index in [0.29, 0.717) is 24.5 Å². The van der Waals surface area contributed by atoms with Gasteiger partial charge < -0.3 is 4.74 Å². The molecule has 0 radical (unpaired) electrons. The van der Waals surface area contributed by atoms with Crippen LogP contribution in [0.1, 0.15) is 37.8 Å². The van der Waals surface area contributed by atoms with Crippen LogP contribution < -0.4 is 4.72 Å². The molecule has 1 aromatic rings. The van der Waals surface area contributed by atoms with Crippen molar-refractivity contribution in [3.63, 3.8) is 0 Å². The number of benzene rings is 1. The first-order chi connectivity index (χ1) is 9.49. The van der Waals surface area contributed by atoms with E-state index < -0.39 is 10.0 Å². The van der Waals surface area contributed by atoms with Gasteiger partial charge in [-0.3, -0.25) is 0 Å². The van der Waals surface area contributed by atoms with Crippen molar-refractivity contribution >= 4 is 10.0 Å². The number of aryl methyl sites for hydroxylation is 2. The zero-order valence-electron chi connectivity index (χ0n) is 12.2. The fourth-order valence-corrected chi connectivity index (χ4v) is 3.52. The number of sulfonamides is 1. The highest BCUT2D eigenvalue weighted by Crippen LogP contribution is 2.24. The predicted octanol–water partition coefficient (Wildman–Crippen LogP) is 2.27. The van der Waals surface area contributed by atoms with Crippen molar-refractivity contribution in [2.75, 3.05) is 13.2 Å². The van der Waals surface area contributed by atoms with E-state index in [4.69, 9.17) is 4.74 Å². The number of hydrogen-bond donors (Lipinski definition) is 1. The molecule has 0 aliphatic heterocycles. The number of ether oxygens (including phenoxy) is 1. The fraction of sp³-hybridized carbons (Fsp3) is 0.600. The first kappa shape index (κ1) is 15.5. The SMILES string of the molecule is CC(C)OCCCNS(=O)(=O)c1ccc2c(c1)CCC2. The molecule has 0 unspecified atom stereocenters. The Morgan fingerprint density at radius 3 is 2.75 bits per heavy atom. The Bertz CT molecular complexity index is 552. The standard InChI is InChI=1S/C15H23NO3S/c1-12(2)19-10-4-9-16-20(17,18)15-8-7-13-5-3-6-14(13)11-15/h7-8,11-12,16H,3-6,9-10H2,1-2H3. The van der Waals surface area contributed by atoms with Gasteiger partial charge in [0.05, 0.1) is 11.0 Å². The minimum absolute atomic E-state index is 0.184. The molecule has 20 heavy (non-hydrogen) atoms. The van der Waals surface area contributed by atoms with Crippen molar-refractivity contribution in [1.29, 1.82) is 0 Å². The highest BCUT2D eigenvalue weighted by molar-refractivity contribution is 7.89. The van der Waals surface area contributed by atoms with E-state index >= 15 is 0 Å². The molecule has 0 bridgehead atoms. The maximum atomic E-state index is 12.2. The molecule has 0 saturated carbocycles. The molecule has 4 nitrogen and oxygen atoms in total. The van der Waals surface area contributed by atoms with Crippen LogP contribution in [0, 0.1) is 0 Å². The maximum absolute atomic E-state index is 12.2. The summed E-state index contributed by atoms with van der Waals surface area (Å²) >= 11 is 0. The average Bonchev–Trinajstić information content (AvgIpc) is 2.85. The molecule has 1 aliphatic carbocycles. The summed E-state index contributed by atoms with van der Waals surface area (Å²) in [4.78, 5) is 0.378. The van der Waals surface area contributed by atoms with Gasteiger partial charge >= 0.3 is 0 Å². The first-order valence-electron chi connectivity index (χ1n) is 7.22. The predicted molar refractivity (Wildman–Crippen MR) is 79.4 cm³/mol. The quantitative estimate of drug-likeness (QED) is 0.786. The van der Waals surface area contributed by atoms with Crippen molar-refractivity contribution in [3.8, 4) is 0 Å². The second kappa shape index (κ2) is 6.70. The third-order valence-corrected chi connectivity index (χ3v) is 4.90. The Hall–Kier alpha value is -0.910. The molecule has 0 saturated heterocycles. The van der Waals surface area contributed by atoms with E-state index in [2.05, 4.69) is 4.72 Å². The topological polar surface area (TPSA) is 55.4 Å². The number of hydrogen-bond acceptors (Lipinski definition) is 3. The Morgan fingerprint density at radius 2 is 2.00 bits per heavy atom. The zero-order chi connectivity index (χ0) is 14.6. The van der Waals surface area contributed by atoms with E-state index in [1.807, 2.05) is 26.0 Å². The molecular formula is C15H23NO3S. The number of nitrogens with one attached hydrogen (secondary N) is 1. The van der Waals surface area contributed by atoms with E-state index in [-0.39, 0.29) is 6.10 Å². The zero-order valence-corrected chi connectivity index (χ0v) is 13.0. The molecular weight excluding hydrogens is 274 g/mol. The van der Waals surface area contributed by atoms with Crippen LogP contribution in [0.3, 0.4) is 0 Å². The second-order valence-corrected chi connectivity index (χ2v) is 7.22. The van der Waals surface area contributed by atoms with Crippen molar-refractivity contribution in [2.24, 2.45) is 0 Å². The van der Waals surface area contributed by atoms with Gasteiger partial charge in [-0.1, -0.05) is 6.07 Å². The molecule has 1 aromatic carbocycles. The molecule has 0 aromatic heterocycles. The third-order valence-electron chi connectivity index (χ3n) is 3.44. The third kappa shape index (κ3) is 4.04. The number of rotatable bonds is 7. The minimum Gasteiger partial charge on any atom is -0.379 e. The van der Waals surface area contributed by atoms with Crippen molar-refractivity contribution in [3.05, 3.63) is 29.3 Å². The van der Waals surface area contributed by atoms with Gasteiger partial charge in [0.15, 0.2) is 0 Å². The van der Waals surface area contributed by atoms with Crippen LogP contribution in [0.5, 0.6) is 0 Å². The van der Waals surface area contributed by atoms with Gasteiger partial charge in [-0.05, 0) is 62.8 Å². The fourth-order valence-electron chi connectivity index (χ4n) is 2.40. The second-order valence-electron chi connectivity index (χ2n) is 5.45. The van der Waals surface area contributed by atoms with Crippen LogP contribution in [0.2, 0.25) is 0 Å². The van der Waals surface area contributed by atoms with Gasteiger partial charge in [-0.15, -0.1) is 0 Å². The number of fused-ring (bicyclic) bond motifs is 1. The minimum atomic E-state index is -3.39. The smallest absolute Gasteiger partial charge is 0.240 e. The highest BCUT2D eigenvalue weighted by atomic mass is 32.2. The van der Waals surface area contributed by atoms with Gasteiger partial charge in [0, 0.05) is 13.2 Å². The van der Waals surface area contributed by atoms with Crippen molar-refractivity contribution in [1.82, 2.24) is 4.72 Å². The van der Waals surface area contributed by atoms with Gasteiger partial charge in [0.25, 0.3) is 0 Å². The molecule has 112 valence electrons. The average molecular weight is 297 g/mol. The molecule has 1 N–H and O–H groups in total. The Labute approximate surface area is 121 Å². The van der Waals surface area contributed by atoms with Crippen LogP contribution in [0.25, 0.3) is 0 Å². The lowest BCUT2D eigenvalue weighted by atomic mass is 10.1. The summed E-state index contributed by atoms with van der Waals surface area (Å²) in [5.74, 6) is 0. The summed E-state index contributed by atoms with van der Waals surface area (Å²) in [6.45, 7) is 4.92. The van der Waals surface area contributed by atoms with Crippen LogP contribution >= 0.6 is 0 Å². The van der Waals surface area contributed by atoms with Gasteiger partial charge in [0.1, 0.15) is 0 Å². The summed E-state index contributed by atoms with van der Waals surface area (Å²) in [6, 6.07) is 5.46. The maximum Gasteiger partial charge on any atom is 0.240 e. The monoisotopic (exact) mass is 297 g/mol. The van der Waals surface area contributed by atoms with E-state index in [0.717, 1.165) is 19.3 Å². The summed E-state index contributed by atoms with van der Waals surface area (Å²) in [5.41, 5.74) is 2.46. The van der Waals surface area contributed by atoms with Crippen molar-refractivity contribution < 1.29 is 13.2 Å². The Kier molecular flexibility index (Phi) is 5.18.